The molecule has 2 rings (SSSR count). The van der Waals surface area contributed by atoms with Crippen LogP contribution in [0.1, 0.15) is 29.5 Å². The zero-order chi connectivity index (χ0) is 13.1. The molecule has 2 aromatic heterocycles. The SMILES string of the molecule is Cc1cnc(-c2noc(C(N)CCO)n2)c(C)c1. The summed E-state index contributed by atoms with van der Waals surface area (Å²) in [7, 11) is 0. The number of nitrogens with two attached hydrogens (primary N) is 1. The minimum absolute atomic E-state index is 0.0132. The Morgan fingerprint density at radius 2 is 2.22 bits per heavy atom. The third-order valence-electron chi connectivity index (χ3n) is 2.63. The minimum atomic E-state index is -0.443. The Kier molecular flexibility index (Phi) is 3.69. The van der Waals surface area contributed by atoms with Crippen molar-refractivity contribution in [1.29, 1.82) is 0 Å². The molecule has 3 N–H and O–H groups in total. The van der Waals surface area contributed by atoms with Crippen LogP contribution in [0, 0.1) is 13.8 Å². The maximum Gasteiger partial charge on any atom is 0.244 e. The highest BCUT2D eigenvalue weighted by Crippen LogP contribution is 2.20. The van der Waals surface area contributed by atoms with Crippen LogP contribution in [0.5, 0.6) is 0 Å². The molecule has 0 amide bonds. The zero-order valence-electron chi connectivity index (χ0n) is 10.4. The highest BCUT2D eigenvalue weighted by Gasteiger charge is 2.17. The first-order valence-corrected chi connectivity index (χ1v) is 5.75. The largest absolute Gasteiger partial charge is 0.396 e. The van der Waals surface area contributed by atoms with Gasteiger partial charge in [-0.3, -0.25) is 4.98 Å². The Labute approximate surface area is 105 Å². The van der Waals surface area contributed by atoms with E-state index in [1.807, 2.05) is 19.9 Å². The second kappa shape index (κ2) is 5.24. The lowest BCUT2D eigenvalue weighted by molar-refractivity contribution is 0.259. The van der Waals surface area contributed by atoms with Gasteiger partial charge in [-0.05, 0) is 31.4 Å². The number of pyridine rings is 1. The predicted molar refractivity (Wildman–Crippen MR) is 65.6 cm³/mol. The second-order valence-electron chi connectivity index (χ2n) is 4.25. The van der Waals surface area contributed by atoms with E-state index in [-0.39, 0.29) is 6.61 Å². The number of rotatable bonds is 4. The number of aryl methyl sites for hydroxylation is 2. The molecule has 18 heavy (non-hydrogen) atoms. The van der Waals surface area contributed by atoms with Crippen LogP contribution in [0.15, 0.2) is 16.8 Å². The molecule has 0 aliphatic heterocycles. The number of nitrogens with zero attached hydrogens (tertiary/aromatic N) is 3. The van der Waals surface area contributed by atoms with E-state index >= 15 is 0 Å². The molecular formula is C12H16N4O2. The average Bonchev–Trinajstić information content (AvgIpc) is 2.78. The van der Waals surface area contributed by atoms with E-state index in [0.717, 1.165) is 11.1 Å². The van der Waals surface area contributed by atoms with E-state index in [9.17, 15) is 0 Å². The van der Waals surface area contributed by atoms with Crippen molar-refractivity contribution < 1.29 is 9.63 Å². The summed E-state index contributed by atoms with van der Waals surface area (Å²) in [6, 6.07) is 1.56. The van der Waals surface area contributed by atoms with Crippen LogP contribution in [0.2, 0.25) is 0 Å². The Balaban J connectivity index is 2.29. The van der Waals surface area contributed by atoms with E-state index < -0.39 is 6.04 Å². The summed E-state index contributed by atoms with van der Waals surface area (Å²) in [5, 5.41) is 12.7. The molecule has 96 valence electrons. The van der Waals surface area contributed by atoms with Crippen molar-refractivity contribution in [1.82, 2.24) is 15.1 Å². The van der Waals surface area contributed by atoms with E-state index in [1.54, 1.807) is 6.20 Å². The van der Waals surface area contributed by atoms with Crippen LogP contribution < -0.4 is 5.73 Å². The topological polar surface area (TPSA) is 98.1 Å². The molecule has 0 fully saturated rings. The van der Waals surface area contributed by atoms with Crippen LogP contribution >= 0.6 is 0 Å². The highest BCUT2D eigenvalue weighted by atomic mass is 16.5. The van der Waals surface area contributed by atoms with Gasteiger partial charge in [-0.1, -0.05) is 11.2 Å². The molecule has 2 heterocycles. The maximum absolute atomic E-state index is 8.81. The Morgan fingerprint density at radius 1 is 1.44 bits per heavy atom. The van der Waals surface area contributed by atoms with Gasteiger partial charge >= 0.3 is 0 Å². The molecule has 1 atom stereocenters. The molecule has 0 saturated carbocycles. The summed E-state index contributed by atoms with van der Waals surface area (Å²) in [5.41, 5.74) is 8.53. The van der Waals surface area contributed by atoms with Gasteiger partial charge in [0.15, 0.2) is 0 Å². The molecule has 0 aromatic carbocycles. The Morgan fingerprint density at radius 3 is 2.89 bits per heavy atom. The van der Waals surface area contributed by atoms with Crippen molar-refractivity contribution >= 4 is 0 Å². The molecule has 0 saturated heterocycles. The van der Waals surface area contributed by atoms with E-state index in [4.69, 9.17) is 15.4 Å². The normalized spacial score (nSPS) is 12.7. The number of aliphatic hydroxyl groups is 1. The average molecular weight is 248 g/mol. The lowest BCUT2D eigenvalue weighted by Gasteiger charge is -2.02. The third kappa shape index (κ3) is 2.55. The number of hydrogen-bond donors (Lipinski definition) is 2. The van der Waals surface area contributed by atoms with Crippen LogP contribution in [-0.2, 0) is 0 Å². The standard InChI is InChI=1S/C12H16N4O2/c1-7-5-8(2)10(14-6-7)11-15-12(18-16-11)9(13)3-4-17/h5-6,9,17H,3-4,13H2,1-2H3. The van der Waals surface area contributed by atoms with Crippen molar-refractivity contribution in [3.8, 4) is 11.5 Å². The van der Waals surface area contributed by atoms with Gasteiger partial charge in [0, 0.05) is 12.8 Å². The Bertz CT molecular complexity index is 539. The summed E-state index contributed by atoms with van der Waals surface area (Å²) in [4.78, 5) is 8.50. The molecule has 1 unspecified atom stereocenters. The summed E-state index contributed by atoms with van der Waals surface area (Å²) in [6.45, 7) is 3.91. The van der Waals surface area contributed by atoms with Crippen molar-refractivity contribution in [2.24, 2.45) is 5.73 Å². The highest BCUT2D eigenvalue weighted by molar-refractivity contribution is 5.54. The monoisotopic (exact) mass is 248 g/mol. The van der Waals surface area contributed by atoms with Gasteiger partial charge in [-0.2, -0.15) is 4.98 Å². The van der Waals surface area contributed by atoms with Crippen LogP contribution in [-0.4, -0.2) is 26.8 Å². The van der Waals surface area contributed by atoms with Crippen molar-refractivity contribution in [3.63, 3.8) is 0 Å². The summed E-state index contributed by atoms with van der Waals surface area (Å²) in [5.74, 6) is 0.747. The number of aliphatic hydroxyl groups excluding tert-OH is 1. The van der Waals surface area contributed by atoms with Gasteiger partial charge in [0.05, 0.1) is 6.04 Å². The molecular weight excluding hydrogens is 232 g/mol. The molecule has 0 aliphatic rings. The molecule has 6 nitrogen and oxygen atoms in total. The van der Waals surface area contributed by atoms with Gasteiger partial charge in [-0.15, -0.1) is 0 Å². The lowest BCUT2D eigenvalue weighted by atomic mass is 10.1. The fourth-order valence-electron chi connectivity index (χ4n) is 1.69. The van der Waals surface area contributed by atoms with Crippen molar-refractivity contribution in [3.05, 3.63) is 29.3 Å². The number of hydrogen-bond acceptors (Lipinski definition) is 6. The van der Waals surface area contributed by atoms with Gasteiger partial charge in [0.25, 0.3) is 0 Å². The van der Waals surface area contributed by atoms with Gasteiger partial charge in [0.1, 0.15) is 5.69 Å². The lowest BCUT2D eigenvalue weighted by Crippen LogP contribution is -2.12. The Hall–Kier alpha value is -1.79. The molecule has 0 bridgehead atoms. The predicted octanol–water partition coefficient (Wildman–Crippen LogP) is 1.13. The van der Waals surface area contributed by atoms with E-state index in [1.165, 1.54) is 0 Å². The molecule has 0 radical (unpaired) electrons. The third-order valence-corrected chi connectivity index (χ3v) is 2.63. The first-order chi connectivity index (χ1) is 8.61. The summed E-state index contributed by atoms with van der Waals surface area (Å²) < 4.78 is 5.08. The smallest absolute Gasteiger partial charge is 0.244 e. The first kappa shape index (κ1) is 12.7. The quantitative estimate of drug-likeness (QED) is 0.841. The summed E-state index contributed by atoms with van der Waals surface area (Å²) >= 11 is 0. The van der Waals surface area contributed by atoms with Crippen LogP contribution in [0.25, 0.3) is 11.5 Å². The fourth-order valence-corrected chi connectivity index (χ4v) is 1.69. The van der Waals surface area contributed by atoms with E-state index in [0.29, 0.717) is 23.8 Å². The van der Waals surface area contributed by atoms with Crippen molar-refractivity contribution in [2.75, 3.05) is 6.61 Å². The fraction of sp³-hybridized carbons (Fsp3) is 0.417. The minimum Gasteiger partial charge on any atom is -0.396 e. The van der Waals surface area contributed by atoms with E-state index in [2.05, 4.69) is 15.1 Å². The molecule has 0 aliphatic carbocycles. The molecule has 2 aromatic rings. The van der Waals surface area contributed by atoms with Gasteiger partial charge in [-0.25, -0.2) is 0 Å². The first-order valence-electron chi connectivity index (χ1n) is 5.75. The van der Waals surface area contributed by atoms with Gasteiger partial charge < -0.3 is 15.4 Å². The van der Waals surface area contributed by atoms with Crippen molar-refractivity contribution in [2.45, 2.75) is 26.3 Å². The van der Waals surface area contributed by atoms with Crippen LogP contribution in [0.3, 0.4) is 0 Å². The molecule has 6 heteroatoms. The maximum atomic E-state index is 8.81. The summed E-state index contributed by atoms with van der Waals surface area (Å²) in [6.07, 6.45) is 2.15. The zero-order valence-corrected chi connectivity index (χ0v) is 10.4. The number of aromatic nitrogens is 3. The van der Waals surface area contributed by atoms with Gasteiger partial charge in [0.2, 0.25) is 11.7 Å². The molecule has 0 spiro atoms. The van der Waals surface area contributed by atoms with Crippen LogP contribution in [0.4, 0.5) is 0 Å². The second-order valence-corrected chi connectivity index (χ2v) is 4.25.